The lowest BCUT2D eigenvalue weighted by Crippen LogP contribution is -2.38. The molecule has 3 aliphatic heterocycles. The van der Waals surface area contributed by atoms with Gasteiger partial charge in [-0.15, -0.1) is 0 Å². The summed E-state index contributed by atoms with van der Waals surface area (Å²) in [6, 6.07) is 0. The highest BCUT2D eigenvalue weighted by Crippen LogP contribution is 2.25. The van der Waals surface area contributed by atoms with Crippen LogP contribution in [0.2, 0.25) is 0 Å². The maximum absolute atomic E-state index is 13.0. The monoisotopic (exact) mass is 472 g/mol. The van der Waals surface area contributed by atoms with Crippen molar-refractivity contribution in [3.8, 4) is 0 Å². The predicted molar refractivity (Wildman–Crippen MR) is 129 cm³/mol. The van der Waals surface area contributed by atoms with Crippen molar-refractivity contribution in [1.29, 1.82) is 0 Å². The minimum absolute atomic E-state index is 0.0259. The van der Waals surface area contributed by atoms with Gasteiger partial charge in [0.15, 0.2) is 5.69 Å². The highest BCUT2D eigenvalue weighted by molar-refractivity contribution is 5.94. The van der Waals surface area contributed by atoms with Crippen molar-refractivity contribution in [3.05, 3.63) is 17.0 Å². The van der Waals surface area contributed by atoms with Crippen LogP contribution in [0, 0.1) is 5.92 Å². The second-order valence-corrected chi connectivity index (χ2v) is 10.2. The summed E-state index contributed by atoms with van der Waals surface area (Å²) in [7, 11) is 1.87. The van der Waals surface area contributed by atoms with E-state index in [1.807, 2.05) is 11.9 Å². The van der Waals surface area contributed by atoms with Crippen molar-refractivity contribution in [2.75, 3.05) is 45.8 Å². The van der Waals surface area contributed by atoms with Crippen molar-refractivity contribution in [3.63, 3.8) is 0 Å². The van der Waals surface area contributed by atoms with Crippen LogP contribution < -0.4 is 5.32 Å². The zero-order valence-electron chi connectivity index (χ0n) is 20.9. The van der Waals surface area contributed by atoms with Crippen LogP contribution in [0.4, 0.5) is 0 Å². The van der Waals surface area contributed by atoms with Gasteiger partial charge in [-0.2, -0.15) is 5.10 Å². The molecule has 9 heteroatoms. The molecule has 4 rings (SSSR count). The molecule has 0 aromatic carbocycles. The number of aromatic nitrogens is 2. The van der Waals surface area contributed by atoms with E-state index in [0.29, 0.717) is 31.7 Å². The molecule has 0 radical (unpaired) electrons. The van der Waals surface area contributed by atoms with Gasteiger partial charge in [0.25, 0.3) is 5.91 Å². The molecule has 0 aliphatic carbocycles. The van der Waals surface area contributed by atoms with Gasteiger partial charge in [0, 0.05) is 76.8 Å². The van der Waals surface area contributed by atoms with E-state index in [1.54, 1.807) is 9.58 Å². The summed E-state index contributed by atoms with van der Waals surface area (Å²) >= 11 is 0. The zero-order chi connectivity index (χ0) is 24.1. The van der Waals surface area contributed by atoms with Crippen LogP contribution in [-0.2, 0) is 29.6 Å². The van der Waals surface area contributed by atoms with Gasteiger partial charge in [-0.3, -0.25) is 19.1 Å². The van der Waals surface area contributed by atoms with E-state index in [2.05, 4.69) is 22.2 Å². The van der Waals surface area contributed by atoms with E-state index >= 15 is 0 Å². The minimum Gasteiger partial charge on any atom is -0.356 e. The van der Waals surface area contributed by atoms with Crippen molar-refractivity contribution < 1.29 is 14.4 Å². The molecule has 2 saturated heterocycles. The Morgan fingerprint density at radius 3 is 2.59 bits per heavy atom. The first kappa shape index (κ1) is 24.7. The molecule has 1 atom stereocenters. The molecule has 3 amide bonds. The second kappa shape index (κ2) is 11.3. The standard InChI is InChI=1S/C25H40N6O3/c1-19-7-5-12-29(17-19)13-6-11-26-22(32)8-9-23(33)31-16-10-21-20(18-31)24(27-28(21)2)25(34)30-14-3-4-15-30/h19H,3-18H2,1-2H3,(H,26,32)/t19-/m0/s1. The van der Waals surface area contributed by atoms with E-state index in [-0.39, 0.29) is 30.6 Å². The number of aryl methyl sites for hydroxylation is 1. The Bertz CT molecular complexity index is 891. The van der Waals surface area contributed by atoms with Crippen LogP contribution in [0.5, 0.6) is 0 Å². The summed E-state index contributed by atoms with van der Waals surface area (Å²) in [6.07, 6.45) is 6.66. The molecule has 4 heterocycles. The maximum atomic E-state index is 13.0. The quantitative estimate of drug-likeness (QED) is 0.580. The van der Waals surface area contributed by atoms with Crippen LogP contribution in [0.3, 0.4) is 0 Å². The van der Waals surface area contributed by atoms with Gasteiger partial charge in [0.2, 0.25) is 11.8 Å². The molecule has 34 heavy (non-hydrogen) atoms. The number of amides is 3. The topological polar surface area (TPSA) is 90.8 Å². The number of hydrogen-bond acceptors (Lipinski definition) is 5. The normalized spacial score (nSPS) is 20.9. The summed E-state index contributed by atoms with van der Waals surface area (Å²) in [5, 5.41) is 7.47. The van der Waals surface area contributed by atoms with Crippen LogP contribution in [0.25, 0.3) is 0 Å². The fourth-order valence-electron chi connectivity index (χ4n) is 5.53. The number of likely N-dealkylation sites (tertiary alicyclic amines) is 2. The fraction of sp³-hybridized carbons (Fsp3) is 0.760. The van der Waals surface area contributed by atoms with Gasteiger partial charge in [-0.05, 0) is 51.1 Å². The van der Waals surface area contributed by atoms with Crippen molar-refractivity contribution in [2.45, 2.75) is 64.8 Å². The zero-order valence-corrected chi connectivity index (χ0v) is 20.9. The van der Waals surface area contributed by atoms with Crippen LogP contribution in [0.1, 0.15) is 73.6 Å². The molecule has 0 unspecified atom stereocenters. The maximum Gasteiger partial charge on any atom is 0.274 e. The molecule has 9 nitrogen and oxygen atoms in total. The molecule has 1 aromatic heterocycles. The Hall–Kier alpha value is -2.42. The molecule has 1 aromatic rings. The van der Waals surface area contributed by atoms with Gasteiger partial charge in [-0.1, -0.05) is 6.92 Å². The lowest BCUT2D eigenvalue weighted by Gasteiger charge is -2.30. The van der Waals surface area contributed by atoms with Gasteiger partial charge in [0.05, 0.1) is 0 Å². The van der Waals surface area contributed by atoms with Crippen LogP contribution >= 0.6 is 0 Å². The Labute approximate surface area is 202 Å². The molecular weight excluding hydrogens is 432 g/mol. The van der Waals surface area contributed by atoms with E-state index in [9.17, 15) is 14.4 Å². The molecule has 2 fully saturated rings. The van der Waals surface area contributed by atoms with Crippen LogP contribution in [-0.4, -0.2) is 88.0 Å². The molecule has 0 bridgehead atoms. The number of carbonyl (C=O) groups is 3. The number of hydrogen-bond donors (Lipinski definition) is 1. The second-order valence-electron chi connectivity index (χ2n) is 10.2. The largest absolute Gasteiger partial charge is 0.356 e. The summed E-state index contributed by atoms with van der Waals surface area (Å²) in [4.78, 5) is 44.2. The number of nitrogens with one attached hydrogen (secondary N) is 1. The molecule has 0 saturated carbocycles. The third-order valence-corrected chi connectivity index (χ3v) is 7.47. The predicted octanol–water partition coefficient (Wildman–Crippen LogP) is 1.56. The van der Waals surface area contributed by atoms with E-state index < -0.39 is 0 Å². The first-order valence-corrected chi connectivity index (χ1v) is 13.0. The molecule has 0 spiro atoms. The van der Waals surface area contributed by atoms with Crippen molar-refractivity contribution in [1.82, 2.24) is 29.8 Å². The van der Waals surface area contributed by atoms with Gasteiger partial charge >= 0.3 is 0 Å². The van der Waals surface area contributed by atoms with E-state index in [0.717, 1.165) is 69.2 Å². The summed E-state index contributed by atoms with van der Waals surface area (Å²) in [5.74, 6) is 0.638. The van der Waals surface area contributed by atoms with Gasteiger partial charge < -0.3 is 20.0 Å². The summed E-state index contributed by atoms with van der Waals surface area (Å²) in [5.41, 5.74) is 2.39. The summed E-state index contributed by atoms with van der Waals surface area (Å²) < 4.78 is 1.79. The summed E-state index contributed by atoms with van der Waals surface area (Å²) in [6.45, 7) is 8.83. The van der Waals surface area contributed by atoms with Gasteiger partial charge in [-0.25, -0.2) is 0 Å². The Balaban J connectivity index is 1.21. The average molecular weight is 473 g/mol. The van der Waals surface area contributed by atoms with Crippen molar-refractivity contribution in [2.24, 2.45) is 13.0 Å². The molecular formula is C25H40N6O3. The van der Waals surface area contributed by atoms with Crippen molar-refractivity contribution >= 4 is 17.7 Å². The molecule has 1 N–H and O–H groups in total. The number of rotatable bonds is 8. The Morgan fingerprint density at radius 2 is 1.82 bits per heavy atom. The smallest absolute Gasteiger partial charge is 0.274 e. The highest BCUT2D eigenvalue weighted by Gasteiger charge is 2.32. The van der Waals surface area contributed by atoms with E-state index in [4.69, 9.17) is 0 Å². The number of piperidine rings is 1. The van der Waals surface area contributed by atoms with Crippen LogP contribution in [0.15, 0.2) is 0 Å². The number of nitrogens with zero attached hydrogens (tertiary/aromatic N) is 5. The third-order valence-electron chi connectivity index (χ3n) is 7.47. The highest BCUT2D eigenvalue weighted by atomic mass is 16.2. The number of fused-ring (bicyclic) bond motifs is 1. The SMILES string of the molecule is C[C@H]1CCCN(CCCNC(=O)CCC(=O)N2CCc3c(c(C(=O)N4CCCC4)nn3C)C2)C1. The third kappa shape index (κ3) is 5.98. The average Bonchev–Trinajstić information content (AvgIpc) is 3.48. The number of carbonyl (C=O) groups excluding carboxylic acids is 3. The van der Waals surface area contributed by atoms with E-state index in [1.165, 1.54) is 12.8 Å². The lowest BCUT2D eigenvalue weighted by molar-refractivity contribution is -0.134. The van der Waals surface area contributed by atoms with Gasteiger partial charge in [0.1, 0.15) is 0 Å². The minimum atomic E-state index is -0.0654. The first-order valence-electron chi connectivity index (χ1n) is 13.0. The Morgan fingerprint density at radius 1 is 1.03 bits per heavy atom. The first-order chi connectivity index (χ1) is 16.4. The fourth-order valence-corrected chi connectivity index (χ4v) is 5.53. The molecule has 3 aliphatic rings. The Kier molecular flexibility index (Phi) is 8.24. The lowest BCUT2D eigenvalue weighted by atomic mass is 10.0. The molecule has 188 valence electrons.